The van der Waals surface area contributed by atoms with Gasteiger partial charge in [-0.05, 0) is 52.9 Å². The number of hydrogen-bond donors (Lipinski definition) is 0. The first kappa shape index (κ1) is 15.0. The second-order valence-electron chi connectivity index (χ2n) is 5.52. The molecule has 0 saturated carbocycles. The van der Waals surface area contributed by atoms with Crippen molar-refractivity contribution in [2.24, 2.45) is 0 Å². The van der Waals surface area contributed by atoms with Crippen molar-refractivity contribution in [1.82, 2.24) is 4.90 Å². The number of carbonyl (C=O) groups excluding carboxylic acids is 1. The third kappa shape index (κ3) is 6.04. The van der Waals surface area contributed by atoms with Crippen LogP contribution in [-0.2, 0) is 4.79 Å². The molecule has 1 amide bonds. The molecule has 0 unspecified atom stereocenters. The number of allylic oxidation sites excluding steroid dienone is 3. The summed E-state index contributed by atoms with van der Waals surface area (Å²) in [6.45, 7) is 8.30. The molecule has 1 rings (SSSR count). The van der Waals surface area contributed by atoms with E-state index in [-0.39, 0.29) is 0 Å². The summed E-state index contributed by atoms with van der Waals surface area (Å²) in [5.74, 6) is 0.302. The Labute approximate surface area is 112 Å². The Morgan fingerprint density at radius 3 is 2.33 bits per heavy atom. The minimum absolute atomic E-state index is 0.302. The summed E-state index contributed by atoms with van der Waals surface area (Å²) in [6, 6.07) is 0. The molecule has 0 aliphatic carbocycles. The zero-order valence-corrected chi connectivity index (χ0v) is 12.2. The van der Waals surface area contributed by atoms with Gasteiger partial charge in [0.2, 0.25) is 5.91 Å². The highest BCUT2D eigenvalue weighted by Crippen LogP contribution is 2.12. The average Bonchev–Trinajstić information content (AvgIpc) is 2.36. The van der Waals surface area contributed by atoms with Gasteiger partial charge in [0.05, 0.1) is 0 Å². The van der Waals surface area contributed by atoms with Crippen molar-refractivity contribution in [1.29, 1.82) is 0 Å². The zero-order chi connectivity index (χ0) is 13.4. The third-order valence-electron chi connectivity index (χ3n) is 3.43. The van der Waals surface area contributed by atoms with Crippen LogP contribution in [0.25, 0.3) is 0 Å². The topological polar surface area (TPSA) is 20.3 Å². The van der Waals surface area contributed by atoms with Crippen LogP contribution in [0.5, 0.6) is 0 Å². The normalized spacial score (nSPS) is 16.6. The maximum atomic E-state index is 12.0. The number of rotatable bonds is 5. The molecule has 1 heterocycles. The summed E-state index contributed by atoms with van der Waals surface area (Å²) in [5.41, 5.74) is 2.70. The van der Waals surface area contributed by atoms with Crippen molar-refractivity contribution < 1.29 is 4.79 Å². The van der Waals surface area contributed by atoms with Crippen LogP contribution in [0.4, 0.5) is 0 Å². The van der Waals surface area contributed by atoms with Crippen molar-refractivity contribution >= 4 is 5.91 Å². The first-order valence-corrected chi connectivity index (χ1v) is 7.16. The molecule has 0 bridgehead atoms. The van der Waals surface area contributed by atoms with Gasteiger partial charge in [-0.25, -0.2) is 0 Å². The van der Waals surface area contributed by atoms with Crippen molar-refractivity contribution in [3.05, 3.63) is 23.3 Å². The van der Waals surface area contributed by atoms with Crippen LogP contribution >= 0.6 is 0 Å². The van der Waals surface area contributed by atoms with E-state index in [1.54, 1.807) is 0 Å². The zero-order valence-electron chi connectivity index (χ0n) is 12.2. The molecule has 0 N–H and O–H groups in total. The molecule has 18 heavy (non-hydrogen) atoms. The SMILES string of the molecule is CC(C)=CCC/C(C)=C/CC(=O)N1CCCCC1. The quantitative estimate of drug-likeness (QED) is 0.672. The van der Waals surface area contributed by atoms with E-state index >= 15 is 0 Å². The largest absolute Gasteiger partial charge is 0.342 e. The fraction of sp³-hybridized carbons (Fsp3) is 0.688. The molecule has 0 radical (unpaired) electrons. The standard InChI is InChI=1S/C16H27NO/c1-14(2)8-7-9-15(3)10-11-16(18)17-12-5-4-6-13-17/h8,10H,4-7,9,11-13H2,1-3H3/b15-10+. The van der Waals surface area contributed by atoms with Crippen molar-refractivity contribution in [3.8, 4) is 0 Å². The molecule has 0 atom stereocenters. The monoisotopic (exact) mass is 249 g/mol. The van der Waals surface area contributed by atoms with Gasteiger partial charge in [-0.15, -0.1) is 0 Å². The lowest BCUT2D eigenvalue weighted by Gasteiger charge is -2.26. The molecule has 102 valence electrons. The molecule has 0 aromatic heterocycles. The van der Waals surface area contributed by atoms with Gasteiger partial charge in [-0.2, -0.15) is 0 Å². The second-order valence-corrected chi connectivity index (χ2v) is 5.52. The number of likely N-dealkylation sites (tertiary alicyclic amines) is 1. The number of hydrogen-bond acceptors (Lipinski definition) is 1. The van der Waals surface area contributed by atoms with Crippen LogP contribution in [0, 0.1) is 0 Å². The summed E-state index contributed by atoms with van der Waals surface area (Å²) in [4.78, 5) is 14.0. The lowest BCUT2D eigenvalue weighted by Crippen LogP contribution is -2.35. The summed E-state index contributed by atoms with van der Waals surface area (Å²) < 4.78 is 0. The Balaban J connectivity index is 2.28. The molecule has 2 heteroatoms. The fourth-order valence-electron chi connectivity index (χ4n) is 2.22. The highest BCUT2D eigenvalue weighted by Gasteiger charge is 2.14. The van der Waals surface area contributed by atoms with Gasteiger partial charge >= 0.3 is 0 Å². The van der Waals surface area contributed by atoms with Gasteiger partial charge in [0, 0.05) is 19.5 Å². The molecular weight excluding hydrogens is 222 g/mol. The smallest absolute Gasteiger partial charge is 0.226 e. The fourth-order valence-corrected chi connectivity index (χ4v) is 2.22. The molecule has 0 aromatic rings. The molecule has 0 aromatic carbocycles. The first-order chi connectivity index (χ1) is 8.59. The molecule has 1 fully saturated rings. The van der Waals surface area contributed by atoms with Crippen LogP contribution in [0.2, 0.25) is 0 Å². The van der Waals surface area contributed by atoms with Crippen molar-refractivity contribution in [3.63, 3.8) is 0 Å². The Hall–Kier alpha value is -1.05. The van der Waals surface area contributed by atoms with Crippen LogP contribution in [-0.4, -0.2) is 23.9 Å². The van der Waals surface area contributed by atoms with Crippen LogP contribution < -0.4 is 0 Å². The summed E-state index contributed by atoms with van der Waals surface area (Å²) >= 11 is 0. The van der Waals surface area contributed by atoms with Gasteiger partial charge < -0.3 is 4.90 Å². The number of carbonyl (C=O) groups is 1. The summed E-state index contributed by atoms with van der Waals surface area (Å²) in [7, 11) is 0. The van der Waals surface area contributed by atoms with E-state index in [2.05, 4.69) is 32.9 Å². The van der Waals surface area contributed by atoms with E-state index in [4.69, 9.17) is 0 Å². The minimum Gasteiger partial charge on any atom is -0.342 e. The van der Waals surface area contributed by atoms with Crippen LogP contribution in [0.3, 0.4) is 0 Å². The lowest BCUT2D eigenvalue weighted by atomic mass is 10.1. The second kappa shape index (κ2) is 8.12. The Morgan fingerprint density at radius 1 is 1.06 bits per heavy atom. The van der Waals surface area contributed by atoms with Gasteiger partial charge in [0.25, 0.3) is 0 Å². The van der Waals surface area contributed by atoms with Crippen molar-refractivity contribution in [2.45, 2.75) is 59.3 Å². The average molecular weight is 249 g/mol. The predicted octanol–water partition coefficient (Wildman–Crippen LogP) is 4.08. The van der Waals surface area contributed by atoms with E-state index in [1.165, 1.54) is 30.4 Å². The highest BCUT2D eigenvalue weighted by atomic mass is 16.2. The summed E-state index contributed by atoms with van der Waals surface area (Å²) in [5, 5.41) is 0. The van der Waals surface area contributed by atoms with Gasteiger partial charge in [0.15, 0.2) is 0 Å². The third-order valence-corrected chi connectivity index (χ3v) is 3.43. The van der Waals surface area contributed by atoms with Crippen molar-refractivity contribution in [2.75, 3.05) is 13.1 Å². The summed E-state index contributed by atoms with van der Waals surface area (Å²) in [6.07, 6.45) is 10.7. The molecule has 0 spiro atoms. The lowest BCUT2D eigenvalue weighted by molar-refractivity contribution is -0.131. The van der Waals surface area contributed by atoms with E-state index in [9.17, 15) is 4.79 Å². The van der Waals surface area contributed by atoms with E-state index in [1.807, 2.05) is 4.90 Å². The van der Waals surface area contributed by atoms with Crippen LogP contribution in [0.1, 0.15) is 59.3 Å². The van der Waals surface area contributed by atoms with Gasteiger partial charge in [-0.3, -0.25) is 4.79 Å². The first-order valence-electron chi connectivity index (χ1n) is 7.16. The Morgan fingerprint density at radius 2 is 1.72 bits per heavy atom. The van der Waals surface area contributed by atoms with E-state index < -0.39 is 0 Å². The Bertz CT molecular complexity index is 318. The van der Waals surface area contributed by atoms with Crippen LogP contribution in [0.15, 0.2) is 23.3 Å². The molecule has 2 nitrogen and oxygen atoms in total. The van der Waals surface area contributed by atoms with Gasteiger partial charge in [0.1, 0.15) is 0 Å². The van der Waals surface area contributed by atoms with Gasteiger partial charge in [-0.1, -0.05) is 23.3 Å². The number of nitrogens with zero attached hydrogens (tertiary/aromatic N) is 1. The molecule has 1 saturated heterocycles. The minimum atomic E-state index is 0.302. The highest BCUT2D eigenvalue weighted by molar-refractivity contribution is 5.77. The van der Waals surface area contributed by atoms with E-state index in [0.717, 1.165) is 25.9 Å². The maximum absolute atomic E-state index is 12.0. The molecule has 1 aliphatic heterocycles. The number of piperidine rings is 1. The predicted molar refractivity (Wildman–Crippen MR) is 77.5 cm³/mol. The van der Waals surface area contributed by atoms with E-state index in [0.29, 0.717) is 12.3 Å². The molecule has 1 aliphatic rings. The maximum Gasteiger partial charge on any atom is 0.226 e. The number of amides is 1. The Kier molecular flexibility index (Phi) is 6.77. The molecular formula is C16H27NO.